The Morgan fingerprint density at radius 2 is 1.65 bits per heavy atom. The maximum absolute atomic E-state index is 12.0. The van der Waals surface area contributed by atoms with E-state index in [0.29, 0.717) is 29.2 Å². The van der Waals surface area contributed by atoms with E-state index in [1.54, 1.807) is 42.5 Å². The monoisotopic (exact) mass is 506 g/mol. The van der Waals surface area contributed by atoms with E-state index in [0.717, 1.165) is 5.56 Å². The summed E-state index contributed by atoms with van der Waals surface area (Å²) in [6.07, 6.45) is -2.18. The van der Waals surface area contributed by atoms with Crippen molar-refractivity contribution in [2.75, 3.05) is 6.61 Å². The number of carbonyl (C=O) groups excluding carboxylic acids is 1. The van der Waals surface area contributed by atoms with Gasteiger partial charge in [-0.05, 0) is 62.7 Å². The highest BCUT2D eigenvalue weighted by atomic mass is 16.5. The molecule has 0 aliphatic carbocycles. The third-order valence-electron chi connectivity index (χ3n) is 4.98. The van der Waals surface area contributed by atoms with Gasteiger partial charge in [0, 0.05) is 11.1 Å². The molecule has 0 aliphatic rings. The molecular formula is C28H30N2O7. The van der Waals surface area contributed by atoms with Crippen LogP contribution >= 0.6 is 0 Å². The van der Waals surface area contributed by atoms with Crippen LogP contribution in [0.2, 0.25) is 0 Å². The highest BCUT2D eigenvalue weighted by Gasteiger charge is 2.24. The fourth-order valence-corrected chi connectivity index (χ4v) is 3.32. The van der Waals surface area contributed by atoms with Gasteiger partial charge in [-0.25, -0.2) is 9.59 Å². The van der Waals surface area contributed by atoms with Gasteiger partial charge in [-0.15, -0.1) is 0 Å². The summed E-state index contributed by atoms with van der Waals surface area (Å²) in [7, 11) is 0. The number of amides is 1. The molecule has 0 saturated carbocycles. The van der Waals surface area contributed by atoms with E-state index in [1.165, 1.54) is 0 Å². The fourth-order valence-electron chi connectivity index (χ4n) is 3.32. The fraction of sp³-hybridized carbons (Fsp3) is 0.250. The molecule has 37 heavy (non-hydrogen) atoms. The topological polar surface area (TPSA) is 130 Å². The number of benzene rings is 3. The van der Waals surface area contributed by atoms with Gasteiger partial charge in [0.25, 0.3) is 0 Å². The Kier molecular flexibility index (Phi) is 9.48. The van der Waals surface area contributed by atoms with Crippen molar-refractivity contribution in [2.45, 2.75) is 39.6 Å². The highest BCUT2D eigenvalue weighted by Crippen LogP contribution is 2.33. The molecule has 0 aromatic heterocycles. The maximum atomic E-state index is 12.0. The molecule has 3 rings (SSSR count). The molecule has 1 amide bonds. The number of carbonyl (C=O) groups is 2. The number of rotatable bonds is 11. The number of nitrogens with zero attached hydrogens (tertiary/aromatic N) is 1. The third kappa shape index (κ3) is 7.99. The Hall–Kier alpha value is -4.53. The molecule has 1 atom stereocenters. The second-order valence-corrected chi connectivity index (χ2v) is 8.20. The molecule has 0 saturated heterocycles. The van der Waals surface area contributed by atoms with Gasteiger partial charge in [0.2, 0.25) is 6.10 Å². The number of aliphatic carboxylic acids is 1. The van der Waals surface area contributed by atoms with E-state index in [4.69, 9.17) is 24.7 Å². The second-order valence-electron chi connectivity index (χ2n) is 8.20. The van der Waals surface area contributed by atoms with Crippen molar-refractivity contribution in [2.24, 2.45) is 10.7 Å². The highest BCUT2D eigenvalue weighted by molar-refractivity contribution is 6.02. The van der Waals surface area contributed by atoms with Gasteiger partial charge < -0.3 is 29.8 Å². The van der Waals surface area contributed by atoms with E-state index in [1.807, 2.05) is 51.1 Å². The molecule has 194 valence electrons. The zero-order valence-corrected chi connectivity index (χ0v) is 20.9. The first-order valence-electron chi connectivity index (χ1n) is 11.7. The Labute approximate surface area is 215 Å². The van der Waals surface area contributed by atoms with Crippen LogP contribution in [0.3, 0.4) is 0 Å². The lowest BCUT2D eigenvalue weighted by Gasteiger charge is -2.19. The summed E-state index contributed by atoms with van der Waals surface area (Å²) in [5.74, 6) is 0.0250. The molecule has 9 nitrogen and oxygen atoms in total. The lowest BCUT2D eigenvalue weighted by Crippen LogP contribution is -2.19. The molecule has 9 heteroatoms. The SMILES string of the molecule is CCOc1cc(C(Oc2ccc(C(N)=NC(=O)OCc3ccccc3)cc2)C(=O)O)ccc1OC(C)C. The van der Waals surface area contributed by atoms with Gasteiger partial charge in [0.05, 0.1) is 12.7 Å². The molecule has 3 aromatic carbocycles. The van der Waals surface area contributed by atoms with Crippen molar-refractivity contribution in [1.82, 2.24) is 0 Å². The Morgan fingerprint density at radius 3 is 2.27 bits per heavy atom. The summed E-state index contributed by atoms with van der Waals surface area (Å²) in [5, 5.41) is 9.81. The van der Waals surface area contributed by atoms with Crippen LogP contribution in [0.15, 0.2) is 77.8 Å². The first kappa shape index (κ1) is 27.1. The standard InChI is InChI=1S/C28H30N2O7/c1-4-34-24-16-21(12-15-23(24)36-18(2)3)25(27(31)32)37-22-13-10-20(11-14-22)26(29)30-28(33)35-17-19-8-6-5-7-9-19/h5-16,18,25H,4,17H2,1-3H3,(H,31,32)(H2,29,30,33). The normalized spacial score (nSPS) is 12.1. The van der Waals surface area contributed by atoms with Crippen LogP contribution < -0.4 is 19.9 Å². The average Bonchev–Trinajstić information content (AvgIpc) is 2.88. The average molecular weight is 507 g/mol. The van der Waals surface area contributed by atoms with Crippen molar-refractivity contribution in [3.05, 3.63) is 89.5 Å². The van der Waals surface area contributed by atoms with E-state index in [2.05, 4.69) is 4.99 Å². The summed E-state index contributed by atoms with van der Waals surface area (Å²) in [6, 6.07) is 20.3. The molecule has 3 aromatic rings. The molecule has 0 radical (unpaired) electrons. The summed E-state index contributed by atoms with van der Waals surface area (Å²) in [4.78, 5) is 27.8. The number of nitrogens with two attached hydrogens (primary N) is 1. The van der Waals surface area contributed by atoms with Crippen LogP contribution in [0.5, 0.6) is 17.2 Å². The predicted octanol–water partition coefficient (Wildman–Crippen LogP) is 5.12. The maximum Gasteiger partial charge on any atom is 0.435 e. The Balaban J connectivity index is 1.70. The van der Waals surface area contributed by atoms with Gasteiger partial charge in [0.1, 0.15) is 18.2 Å². The summed E-state index contributed by atoms with van der Waals surface area (Å²) in [6.45, 7) is 6.08. The first-order chi connectivity index (χ1) is 17.8. The predicted molar refractivity (Wildman–Crippen MR) is 138 cm³/mol. The Bertz CT molecular complexity index is 1230. The molecule has 3 N–H and O–H groups in total. The van der Waals surface area contributed by atoms with Crippen molar-refractivity contribution in [3.8, 4) is 17.2 Å². The van der Waals surface area contributed by atoms with Gasteiger partial charge >= 0.3 is 12.1 Å². The van der Waals surface area contributed by atoms with E-state index >= 15 is 0 Å². The van der Waals surface area contributed by atoms with Gasteiger partial charge in [-0.3, -0.25) is 0 Å². The largest absolute Gasteiger partial charge is 0.490 e. The van der Waals surface area contributed by atoms with Crippen molar-refractivity contribution in [1.29, 1.82) is 0 Å². The molecule has 0 heterocycles. The molecule has 1 unspecified atom stereocenters. The number of amidine groups is 1. The quantitative estimate of drug-likeness (QED) is 0.271. The third-order valence-corrected chi connectivity index (χ3v) is 4.98. The lowest BCUT2D eigenvalue weighted by atomic mass is 10.1. The second kappa shape index (κ2) is 13.0. The summed E-state index contributed by atoms with van der Waals surface area (Å²) >= 11 is 0. The van der Waals surface area contributed by atoms with Crippen molar-refractivity contribution in [3.63, 3.8) is 0 Å². The van der Waals surface area contributed by atoms with Crippen LogP contribution in [0.1, 0.15) is 43.6 Å². The number of hydrogen-bond donors (Lipinski definition) is 2. The zero-order valence-electron chi connectivity index (χ0n) is 20.9. The first-order valence-corrected chi connectivity index (χ1v) is 11.7. The number of carboxylic acids is 1. The number of hydrogen-bond acceptors (Lipinski definition) is 6. The summed E-state index contributed by atoms with van der Waals surface area (Å²) < 4.78 is 22.2. The minimum absolute atomic E-state index is 0.0403. The van der Waals surface area contributed by atoms with Crippen molar-refractivity contribution < 1.29 is 33.6 Å². The molecule has 0 aliphatic heterocycles. The number of carboxylic acid groups (broad SMARTS) is 1. The van der Waals surface area contributed by atoms with E-state index < -0.39 is 18.2 Å². The number of aliphatic imine (C=N–C) groups is 1. The van der Waals surface area contributed by atoms with Crippen LogP contribution in [0, 0.1) is 0 Å². The van der Waals surface area contributed by atoms with Crippen LogP contribution in [0.4, 0.5) is 4.79 Å². The Morgan fingerprint density at radius 1 is 0.946 bits per heavy atom. The summed E-state index contributed by atoms with van der Waals surface area (Å²) in [5.41, 5.74) is 7.60. The van der Waals surface area contributed by atoms with Crippen LogP contribution in [0.25, 0.3) is 0 Å². The molecule has 0 spiro atoms. The lowest BCUT2D eigenvalue weighted by molar-refractivity contribution is -0.145. The van der Waals surface area contributed by atoms with E-state index in [-0.39, 0.29) is 24.3 Å². The minimum atomic E-state index is -1.29. The van der Waals surface area contributed by atoms with E-state index in [9.17, 15) is 14.7 Å². The smallest absolute Gasteiger partial charge is 0.435 e. The number of ether oxygens (including phenoxy) is 4. The van der Waals surface area contributed by atoms with Gasteiger partial charge in [0.15, 0.2) is 11.5 Å². The zero-order chi connectivity index (χ0) is 26.8. The molecular weight excluding hydrogens is 476 g/mol. The van der Waals surface area contributed by atoms with Crippen LogP contribution in [-0.2, 0) is 16.1 Å². The molecule has 0 bridgehead atoms. The van der Waals surface area contributed by atoms with Gasteiger partial charge in [-0.1, -0.05) is 36.4 Å². The van der Waals surface area contributed by atoms with Crippen molar-refractivity contribution >= 4 is 17.9 Å². The molecule has 0 fully saturated rings. The minimum Gasteiger partial charge on any atom is -0.490 e. The van der Waals surface area contributed by atoms with Crippen LogP contribution in [-0.4, -0.2) is 35.7 Å². The van der Waals surface area contributed by atoms with Gasteiger partial charge in [-0.2, -0.15) is 4.99 Å².